The number of morpholine rings is 1. The lowest BCUT2D eigenvalue weighted by molar-refractivity contribution is 0.0691. The molecule has 1 saturated heterocycles. The zero-order valence-electron chi connectivity index (χ0n) is 15.5. The van der Waals surface area contributed by atoms with Gasteiger partial charge in [-0.25, -0.2) is 9.98 Å². The molecule has 0 unspecified atom stereocenters. The molecule has 0 amide bonds. The molecule has 0 aliphatic carbocycles. The highest BCUT2D eigenvalue weighted by Gasteiger charge is 2.15. The van der Waals surface area contributed by atoms with Gasteiger partial charge in [0.05, 0.1) is 24.2 Å². The number of ether oxygens (including phenoxy) is 1. The number of rotatable bonds is 3. The van der Waals surface area contributed by atoms with Crippen LogP contribution in [0.1, 0.15) is 5.56 Å². The van der Waals surface area contributed by atoms with Crippen LogP contribution >= 0.6 is 11.8 Å². The van der Waals surface area contributed by atoms with Crippen LogP contribution in [0, 0.1) is 5.41 Å². The van der Waals surface area contributed by atoms with Gasteiger partial charge in [-0.15, -0.1) is 0 Å². The smallest absolute Gasteiger partial charge is 0.168 e. The summed E-state index contributed by atoms with van der Waals surface area (Å²) in [5.41, 5.74) is 14.6. The summed E-state index contributed by atoms with van der Waals surface area (Å²) in [7, 11) is 1.68. The molecule has 1 aliphatic rings. The highest BCUT2D eigenvalue weighted by Crippen LogP contribution is 2.21. The molecule has 0 spiro atoms. The predicted molar refractivity (Wildman–Crippen MR) is 115 cm³/mol. The number of nitrogens with one attached hydrogen (secondary N) is 1. The van der Waals surface area contributed by atoms with Crippen molar-refractivity contribution in [1.29, 1.82) is 5.41 Å². The Morgan fingerprint density at radius 2 is 2.11 bits per heavy atom. The highest BCUT2D eigenvalue weighted by atomic mass is 32.2. The summed E-state index contributed by atoms with van der Waals surface area (Å²) >= 11 is 1.11. The Balaban J connectivity index is 1.80. The largest absolute Gasteiger partial charge is 0.404 e. The van der Waals surface area contributed by atoms with Gasteiger partial charge in [-0.3, -0.25) is 15.4 Å². The Morgan fingerprint density at radius 1 is 1.32 bits per heavy atom. The quantitative estimate of drug-likeness (QED) is 0.527. The van der Waals surface area contributed by atoms with E-state index in [2.05, 4.69) is 20.0 Å². The second-order valence-corrected chi connectivity index (χ2v) is 6.91. The SMILES string of the molecule is CN=C/C(=C\N)c1cnc2ccc(N=C(N)SC(=N)N3CCOCC3)nc2c1. The molecule has 1 fully saturated rings. The van der Waals surface area contributed by atoms with Gasteiger partial charge < -0.3 is 21.1 Å². The topological polar surface area (TPSA) is 139 Å². The molecule has 5 N–H and O–H groups in total. The van der Waals surface area contributed by atoms with Crippen LogP contribution in [0.5, 0.6) is 0 Å². The summed E-state index contributed by atoms with van der Waals surface area (Å²) in [5.74, 6) is 0.452. The van der Waals surface area contributed by atoms with Gasteiger partial charge in [-0.05, 0) is 30.0 Å². The number of nitrogens with zero attached hydrogens (tertiary/aromatic N) is 5. The third kappa shape index (κ3) is 4.84. The number of amidine groups is 2. The van der Waals surface area contributed by atoms with E-state index in [4.69, 9.17) is 21.6 Å². The lowest BCUT2D eigenvalue weighted by atomic mass is 10.1. The molecule has 0 atom stereocenters. The number of aliphatic imine (C=N–C) groups is 2. The van der Waals surface area contributed by atoms with E-state index < -0.39 is 0 Å². The van der Waals surface area contributed by atoms with Crippen molar-refractivity contribution in [3.63, 3.8) is 0 Å². The summed E-state index contributed by atoms with van der Waals surface area (Å²) in [4.78, 5) is 19.2. The van der Waals surface area contributed by atoms with Crippen molar-refractivity contribution in [2.45, 2.75) is 0 Å². The minimum atomic E-state index is 0.258. The first kappa shape index (κ1) is 19.8. The van der Waals surface area contributed by atoms with Gasteiger partial charge in [0, 0.05) is 49.9 Å². The number of pyridine rings is 2. The molecule has 10 heteroatoms. The first-order valence-corrected chi connectivity index (χ1v) is 9.47. The van der Waals surface area contributed by atoms with Crippen molar-refractivity contribution >= 4 is 50.7 Å². The van der Waals surface area contributed by atoms with Crippen molar-refractivity contribution in [3.05, 3.63) is 36.2 Å². The molecule has 28 heavy (non-hydrogen) atoms. The van der Waals surface area contributed by atoms with Crippen LogP contribution < -0.4 is 11.5 Å². The number of allylic oxidation sites excluding steroid dienone is 1. The number of aromatic nitrogens is 2. The van der Waals surface area contributed by atoms with Crippen molar-refractivity contribution in [1.82, 2.24) is 14.9 Å². The molecule has 0 bridgehead atoms. The summed E-state index contributed by atoms with van der Waals surface area (Å²) in [6.45, 7) is 2.59. The summed E-state index contributed by atoms with van der Waals surface area (Å²) in [5, 5.41) is 8.77. The maximum Gasteiger partial charge on any atom is 0.168 e. The van der Waals surface area contributed by atoms with E-state index in [-0.39, 0.29) is 5.17 Å². The fourth-order valence-electron chi connectivity index (χ4n) is 2.63. The molecular weight excluding hydrogens is 376 g/mol. The third-order valence-electron chi connectivity index (χ3n) is 4.03. The maximum absolute atomic E-state index is 8.16. The molecule has 2 aromatic rings. The number of hydrogen-bond acceptors (Lipinski definition) is 8. The molecule has 0 saturated carbocycles. The van der Waals surface area contributed by atoms with Crippen LogP contribution in [0.3, 0.4) is 0 Å². The van der Waals surface area contributed by atoms with Crippen molar-refractivity contribution < 1.29 is 4.74 Å². The number of thioether (sulfide) groups is 1. The predicted octanol–water partition coefficient (Wildman–Crippen LogP) is 1.58. The summed E-state index contributed by atoms with van der Waals surface area (Å²) in [6.07, 6.45) is 4.86. The van der Waals surface area contributed by atoms with Gasteiger partial charge in [-0.2, -0.15) is 0 Å². The van der Waals surface area contributed by atoms with Crippen LogP contribution in [-0.2, 0) is 4.74 Å². The Morgan fingerprint density at radius 3 is 2.82 bits per heavy atom. The van der Waals surface area contributed by atoms with Gasteiger partial charge in [-0.1, -0.05) is 0 Å². The van der Waals surface area contributed by atoms with Crippen LogP contribution in [-0.4, -0.2) is 64.8 Å². The van der Waals surface area contributed by atoms with Crippen molar-refractivity contribution in [3.8, 4) is 0 Å². The van der Waals surface area contributed by atoms with E-state index in [0.29, 0.717) is 42.8 Å². The van der Waals surface area contributed by atoms with Crippen LogP contribution in [0.4, 0.5) is 5.82 Å². The Kier molecular flexibility index (Phi) is 6.56. The van der Waals surface area contributed by atoms with Gasteiger partial charge in [0.1, 0.15) is 0 Å². The molecule has 2 aromatic heterocycles. The van der Waals surface area contributed by atoms with E-state index in [9.17, 15) is 0 Å². The standard InChI is InChI=1S/C18H22N8OS/c1-22-10-13(9-19)12-8-15-14(23-11-12)2-3-16(24-15)25-17(20)28-18(21)26-4-6-27-7-5-26/h2-3,8-11,21H,4-7,19H2,1H3,(H2,20,24,25)/b13-9+,21-18?,22-10?. The fourth-order valence-corrected chi connectivity index (χ4v) is 3.28. The van der Waals surface area contributed by atoms with E-state index in [1.165, 1.54) is 6.20 Å². The molecule has 0 radical (unpaired) electrons. The summed E-state index contributed by atoms with van der Waals surface area (Å²) < 4.78 is 5.30. The first-order chi connectivity index (χ1) is 13.6. The van der Waals surface area contributed by atoms with E-state index in [1.807, 2.05) is 17.0 Å². The molecule has 3 rings (SSSR count). The average Bonchev–Trinajstić information content (AvgIpc) is 2.72. The minimum Gasteiger partial charge on any atom is -0.404 e. The average molecular weight is 398 g/mol. The zero-order valence-corrected chi connectivity index (χ0v) is 16.3. The van der Waals surface area contributed by atoms with E-state index >= 15 is 0 Å². The van der Waals surface area contributed by atoms with Crippen molar-refractivity contribution in [2.75, 3.05) is 33.4 Å². The molecule has 146 valence electrons. The molecule has 0 aromatic carbocycles. The Labute approximate surface area is 167 Å². The van der Waals surface area contributed by atoms with Crippen LogP contribution in [0.2, 0.25) is 0 Å². The van der Waals surface area contributed by atoms with Gasteiger partial charge in [0.15, 0.2) is 16.2 Å². The first-order valence-electron chi connectivity index (χ1n) is 8.65. The lowest BCUT2D eigenvalue weighted by Gasteiger charge is -2.28. The lowest BCUT2D eigenvalue weighted by Crippen LogP contribution is -2.39. The second-order valence-electron chi connectivity index (χ2n) is 5.90. The maximum atomic E-state index is 8.16. The second kappa shape index (κ2) is 9.29. The van der Waals surface area contributed by atoms with Gasteiger partial charge >= 0.3 is 0 Å². The highest BCUT2D eigenvalue weighted by molar-refractivity contribution is 8.26. The molecule has 9 nitrogen and oxygen atoms in total. The number of fused-ring (bicyclic) bond motifs is 1. The fraction of sp³-hybridized carbons (Fsp3) is 0.278. The molecule has 1 aliphatic heterocycles. The van der Waals surface area contributed by atoms with E-state index in [0.717, 1.165) is 28.4 Å². The molecule has 3 heterocycles. The monoisotopic (exact) mass is 398 g/mol. The summed E-state index contributed by atoms with van der Waals surface area (Å²) in [6, 6.07) is 5.45. The van der Waals surface area contributed by atoms with Crippen LogP contribution in [0.25, 0.3) is 16.6 Å². The van der Waals surface area contributed by atoms with Gasteiger partial charge in [0.25, 0.3) is 0 Å². The molecular formula is C18H22N8OS. The number of nitrogens with two attached hydrogens (primary N) is 2. The number of hydrogen-bond donors (Lipinski definition) is 3. The Bertz CT molecular complexity index is 950. The third-order valence-corrected chi connectivity index (χ3v) is 4.78. The van der Waals surface area contributed by atoms with Crippen LogP contribution in [0.15, 0.2) is 40.6 Å². The normalized spacial score (nSPS) is 16.1. The van der Waals surface area contributed by atoms with Gasteiger partial charge in [0.2, 0.25) is 0 Å². The Hall–Kier alpha value is -2.98. The van der Waals surface area contributed by atoms with E-state index in [1.54, 1.807) is 25.5 Å². The zero-order chi connectivity index (χ0) is 19.9. The minimum absolute atomic E-state index is 0.258. The van der Waals surface area contributed by atoms with Crippen molar-refractivity contribution in [2.24, 2.45) is 21.5 Å².